The molecule has 2 N–H and O–H groups in total. The second-order valence-electron chi connectivity index (χ2n) is 6.00. The third-order valence-corrected chi connectivity index (χ3v) is 4.44. The number of carbonyl (C=O) groups is 1. The van der Waals surface area contributed by atoms with Crippen LogP contribution in [0, 0.1) is 0 Å². The van der Waals surface area contributed by atoms with Crippen molar-refractivity contribution in [1.29, 1.82) is 0 Å². The highest BCUT2D eigenvalue weighted by Crippen LogP contribution is 2.28. The van der Waals surface area contributed by atoms with Crippen molar-refractivity contribution in [3.05, 3.63) is 0 Å². The summed E-state index contributed by atoms with van der Waals surface area (Å²) in [6.07, 6.45) is 7.48. The van der Waals surface area contributed by atoms with Crippen molar-refractivity contribution < 1.29 is 9.90 Å². The van der Waals surface area contributed by atoms with E-state index in [0.717, 1.165) is 25.4 Å². The predicted molar refractivity (Wildman–Crippen MR) is 83.1 cm³/mol. The Kier molecular flexibility index (Phi) is 7.52. The van der Waals surface area contributed by atoms with Crippen LogP contribution in [0.1, 0.15) is 65.7 Å². The topological polar surface area (TPSA) is 52.6 Å². The fraction of sp³-hybridized carbons (Fsp3) is 0.938. The lowest BCUT2D eigenvalue weighted by Crippen LogP contribution is -2.52. The maximum atomic E-state index is 11.6. The zero-order chi connectivity index (χ0) is 15.0. The molecule has 1 rings (SSSR count). The number of unbranched alkanes of at least 4 members (excludes halogenated alkanes) is 1. The van der Waals surface area contributed by atoms with E-state index in [2.05, 4.69) is 17.1 Å². The molecule has 1 fully saturated rings. The Morgan fingerprint density at radius 3 is 2.35 bits per heavy atom. The number of nitrogens with one attached hydrogen (secondary N) is 1. The first-order chi connectivity index (χ1) is 9.59. The first kappa shape index (κ1) is 17.4. The van der Waals surface area contributed by atoms with Gasteiger partial charge in [0.2, 0.25) is 0 Å². The van der Waals surface area contributed by atoms with Gasteiger partial charge in [0.15, 0.2) is 0 Å². The predicted octanol–water partition coefficient (Wildman–Crippen LogP) is 2.87. The highest BCUT2D eigenvalue weighted by molar-refractivity contribution is 5.78. The molecule has 4 heteroatoms. The maximum absolute atomic E-state index is 11.6. The molecule has 0 aromatic heterocycles. The van der Waals surface area contributed by atoms with Crippen LogP contribution in [0.2, 0.25) is 0 Å². The summed E-state index contributed by atoms with van der Waals surface area (Å²) < 4.78 is 0. The molecule has 0 aliphatic heterocycles. The lowest BCUT2D eigenvalue weighted by molar-refractivity contribution is -0.145. The van der Waals surface area contributed by atoms with E-state index in [9.17, 15) is 9.90 Å². The van der Waals surface area contributed by atoms with Gasteiger partial charge in [-0.25, -0.2) is 0 Å². The van der Waals surface area contributed by atoms with Crippen LogP contribution in [-0.4, -0.2) is 47.2 Å². The number of carboxylic acid groups (broad SMARTS) is 1. The van der Waals surface area contributed by atoms with Gasteiger partial charge in [-0.15, -0.1) is 0 Å². The van der Waals surface area contributed by atoms with Crippen molar-refractivity contribution in [2.45, 2.75) is 77.3 Å². The Morgan fingerprint density at radius 2 is 1.90 bits per heavy atom. The molecule has 1 atom stereocenters. The van der Waals surface area contributed by atoms with Crippen LogP contribution < -0.4 is 5.32 Å². The smallest absolute Gasteiger partial charge is 0.323 e. The Hall–Kier alpha value is -0.610. The molecule has 4 nitrogen and oxygen atoms in total. The number of hydrogen-bond acceptors (Lipinski definition) is 3. The van der Waals surface area contributed by atoms with Gasteiger partial charge in [-0.1, -0.05) is 27.2 Å². The van der Waals surface area contributed by atoms with Gasteiger partial charge in [0.05, 0.1) is 0 Å². The molecule has 0 saturated heterocycles. The number of carboxylic acids is 1. The molecule has 0 aromatic rings. The quantitative estimate of drug-likeness (QED) is 0.578. The van der Waals surface area contributed by atoms with Crippen LogP contribution in [0.25, 0.3) is 0 Å². The minimum Gasteiger partial charge on any atom is -0.480 e. The molecule has 0 amide bonds. The van der Waals surface area contributed by atoms with Crippen molar-refractivity contribution in [3.63, 3.8) is 0 Å². The van der Waals surface area contributed by atoms with Gasteiger partial charge in [-0.2, -0.15) is 0 Å². The van der Waals surface area contributed by atoms with Crippen molar-refractivity contribution in [2.75, 3.05) is 19.6 Å². The van der Waals surface area contributed by atoms with Crippen LogP contribution in [0.5, 0.6) is 0 Å². The van der Waals surface area contributed by atoms with Gasteiger partial charge < -0.3 is 15.3 Å². The van der Waals surface area contributed by atoms with Crippen LogP contribution >= 0.6 is 0 Å². The van der Waals surface area contributed by atoms with Crippen LogP contribution in [-0.2, 0) is 4.79 Å². The number of likely N-dealkylation sites (N-methyl/N-ethyl adjacent to an activating group) is 1. The van der Waals surface area contributed by atoms with Crippen LogP contribution in [0.15, 0.2) is 0 Å². The molecule has 0 bridgehead atoms. The average molecular weight is 284 g/mol. The normalized spacial score (nSPS) is 18.2. The highest BCUT2D eigenvalue weighted by atomic mass is 16.4. The zero-order valence-corrected chi connectivity index (χ0v) is 13.5. The van der Waals surface area contributed by atoms with Gasteiger partial charge >= 0.3 is 5.97 Å². The first-order valence-electron chi connectivity index (χ1n) is 8.32. The summed E-state index contributed by atoms with van der Waals surface area (Å²) in [5.74, 6) is -0.701. The van der Waals surface area contributed by atoms with E-state index < -0.39 is 11.5 Å². The third kappa shape index (κ3) is 5.06. The minimum absolute atomic E-state index is 0.647. The van der Waals surface area contributed by atoms with Gasteiger partial charge in [0, 0.05) is 6.04 Å². The molecule has 1 aliphatic carbocycles. The fourth-order valence-electron chi connectivity index (χ4n) is 2.92. The molecule has 1 unspecified atom stereocenters. The molecule has 20 heavy (non-hydrogen) atoms. The Labute approximate surface area is 123 Å². The minimum atomic E-state index is -0.727. The second kappa shape index (κ2) is 8.63. The fourth-order valence-corrected chi connectivity index (χ4v) is 2.92. The summed E-state index contributed by atoms with van der Waals surface area (Å²) in [5, 5.41) is 12.7. The molecule has 118 valence electrons. The Bertz CT molecular complexity index is 292. The van der Waals surface area contributed by atoms with E-state index in [1.54, 1.807) is 0 Å². The molecule has 0 spiro atoms. The summed E-state index contributed by atoms with van der Waals surface area (Å²) in [5.41, 5.74) is -0.727. The van der Waals surface area contributed by atoms with Gasteiger partial charge in [0.1, 0.15) is 5.54 Å². The summed E-state index contributed by atoms with van der Waals surface area (Å²) in [6.45, 7) is 9.10. The molecule has 1 saturated carbocycles. The molecule has 0 radical (unpaired) electrons. The molecular formula is C16H32N2O2. The van der Waals surface area contributed by atoms with Gasteiger partial charge in [0.25, 0.3) is 0 Å². The molecular weight excluding hydrogens is 252 g/mol. The number of hydrogen-bond donors (Lipinski definition) is 2. The van der Waals surface area contributed by atoms with Gasteiger partial charge in [-0.3, -0.25) is 4.79 Å². The molecule has 0 aromatic carbocycles. The average Bonchev–Trinajstić information content (AvgIpc) is 3.25. The van der Waals surface area contributed by atoms with E-state index in [4.69, 9.17) is 0 Å². The van der Waals surface area contributed by atoms with Crippen molar-refractivity contribution in [1.82, 2.24) is 10.2 Å². The number of rotatable bonds is 12. The van der Waals surface area contributed by atoms with E-state index in [1.165, 1.54) is 32.2 Å². The van der Waals surface area contributed by atoms with Crippen LogP contribution in [0.4, 0.5) is 0 Å². The van der Waals surface area contributed by atoms with Crippen molar-refractivity contribution >= 4 is 5.97 Å². The van der Waals surface area contributed by atoms with E-state index in [-0.39, 0.29) is 0 Å². The standard InChI is InChI=1S/C16H32N2O2/c1-4-7-12-18(14-9-10-14)13-8-11-16(5-2,15(19)20)17-6-3/h14,17H,4-13H2,1-3H3,(H,19,20). The Morgan fingerprint density at radius 1 is 1.25 bits per heavy atom. The largest absolute Gasteiger partial charge is 0.480 e. The van der Waals surface area contributed by atoms with Gasteiger partial charge in [-0.05, 0) is 58.2 Å². The lowest BCUT2D eigenvalue weighted by Gasteiger charge is -2.30. The summed E-state index contributed by atoms with van der Waals surface area (Å²) >= 11 is 0. The van der Waals surface area contributed by atoms with Crippen molar-refractivity contribution in [3.8, 4) is 0 Å². The summed E-state index contributed by atoms with van der Waals surface area (Å²) in [6, 6.07) is 0.779. The maximum Gasteiger partial charge on any atom is 0.323 e. The van der Waals surface area contributed by atoms with Crippen molar-refractivity contribution in [2.24, 2.45) is 0 Å². The SMILES string of the molecule is CCCCN(CCCC(CC)(NCC)C(=O)O)C1CC1. The first-order valence-corrected chi connectivity index (χ1v) is 8.32. The lowest BCUT2D eigenvalue weighted by atomic mass is 9.90. The zero-order valence-electron chi connectivity index (χ0n) is 13.5. The van der Waals surface area contributed by atoms with E-state index in [0.29, 0.717) is 13.0 Å². The molecule has 1 aliphatic rings. The third-order valence-electron chi connectivity index (χ3n) is 4.44. The summed E-state index contributed by atoms with van der Waals surface area (Å²) in [4.78, 5) is 14.1. The van der Waals surface area contributed by atoms with E-state index >= 15 is 0 Å². The highest BCUT2D eigenvalue weighted by Gasteiger charge is 2.36. The second-order valence-corrected chi connectivity index (χ2v) is 6.00. The monoisotopic (exact) mass is 284 g/mol. The Balaban J connectivity index is 2.43. The van der Waals surface area contributed by atoms with E-state index in [1.807, 2.05) is 13.8 Å². The number of nitrogens with zero attached hydrogens (tertiary/aromatic N) is 1. The molecule has 0 heterocycles. The number of aliphatic carboxylic acids is 1. The summed E-state index contributed by atoms with van der Waals surface area (Å²) in [7, 11) is 0. The van der Waals surface area contributed by atoms with Crippen LogP contribution in [0.3, 0.4) is 0 Å².